The average molecular weight is 304 g/mol. The van der Waals surface area contributed by atoms with Crippen LogP contribution in [0.15, 0.2) is 48.8 Å². The minimum absolute atomic E-state index is 0.0300. The van der Waals surface area contributed by atoms with Crippen molar-refractivity contribution in [1.29, 1.82) is 0 Å². The van der Waals surface area contributed by atoms with Gasteiger partial charge in [-0.2, -0.15) is 0 Å². The van der Waals surface area contributed by atoms with E-state index in [1.165, 1.54) is 12.1 Å². The van der Waals surface area contributed by atoms with Gasteiger partial charge in [-0.3, -0.25) is 4.79 Å². The van der Waals surface area contributed by atoms with E-state index in [1.807, 2.05) is 42.1 Å². The highest BCUT2D eigenvalue weighted by molar-refractivity contribution is 5.77. The summed E-state index contributed by atoms with van der Waals surface area (Å²) < 4.78 is 20.4. The standard InChI is InChI=1S/C17H21FN2O2/c1-2-22-13-17(21)19-12-16(20-8-3-4-9-20)11-14-6-5-7-15(18)10-14/h3-10,16H,2,11-13H2,1H3,(H,19,21)/t16-/m0/s1. The second-order valence-electron chi connectivity index (χ2n) is 5.06. The summed E-state index contributed by atoms with van der Waals surface area (Å²) in [5.74, 6) is -0.387. The zero-order chi connectivity index (χ0) is 15.8. The lowest BCUT2D eigenvalue weighted by Crippen LogP contribution is -2.33. The number of amides is 1. The summed E-state index contributed by atoms with van der Waals surface area (Å²) in [7, 11) is 0. The lowest BCUT2D eigenvalue weighted by atomic mass is 10.1. The number of nitrogens with zero attached hydrogens (tertiary/aromatic N) is 1. The van der Waals surface area contributed by atoms with E-state index in [-0.39, 0.29) is 24.4 Å². The summed E-state index contributed by atoms with van der Waals surface area (Å²) in [5, 5.41) is 2.86. The maximum Gasteiger partial charge on any atom is 0.246 e. The smallest absolute Gasteiger partial charge is 0.246 e. The molecule has 1 aromatic carbocycles. The van der Waals surface area contributed by atoms with Gasteiger partial charge in [0.25, 0.3) is 0 Å². The van der Waals surface area contributed by atoms with E-state index in [0.29, 0.717) is 19.6 Å². The molecule has 0 aliphatic rings. The van der Waals surface area contributed by atoms with E-state index in [1.54, 1.807) is 6.07 Å². The molecule has 1 heterocycles. The zero-order valence-corrected chi connectivity index (χ0v) is 12.7. The van der Waals surface area contributed by atoms with Crippen LogP contribution in [0.2, 0.25) is 0 Å². The second kappa shape index (κ2) is 8.34. The van der Waals surface area contributed by atoms with E-state index in [2.05, 4.69) is 5.32 Å². The highest BCUT2D eigenvalue weighted by Gasteiger charge is 2.13. The lowest BCUT2D eigenvalue weighted by Gasteiger charge is -2.20. The molecule has 0 bridgehead atoms. The van der Waals surface area contributed by atoms with Crippen molar-refractivity contribution in [3.63, 3.8) is 0 Å². The maximum absolute atomic E-state index is 13.3. The number of nitrogens with one attached hydrogen (secondary N) is 1. The third kappa shape index (κ3) is 5.00. The molecule has 0 radical (unpaired) electrons. The molecule has 0 fully saturated rings. The molecule has 1 atom stereocenters. The molecule has 0 spiro atoms. The van der Waals surface area contributed by atoms with Crippen molar-refractivity contribution >= 4 is 5.91 Å². The highest BCUT2D eigenvalue weighted by Crippen LogP contribution is 2.15. The molecule has 1 N–H and O–H groups in total. The monoisotopic (exact) mass is 304 g/mol. The Hall–Kier alpha value is -2.14. The summed E-state index contributed by atoms with van der Waals surface area (Å²) in [6, 6.07) is 10.4. The van der Waals surface area contributed by atoms with Crippen molar-refractivity contribution in [2.24, 2.45) is 0 Å². The third-order valence-corrected chi connectivity index (χ3v) is 3.38. The fourth-order valence-corrected chi connectivity index (χ4v) is 2.29. The molecule has 2 aromatic rings. The van der Waals surface area contributed by atoms with Crippen molar-refractivity contribution in [3.8, 4) is 0 Å². The van der Waals surface area contributed by atoms with Crippen molar-refractivity contribution in [3.05, 3.63) is 60.2 Å². The van der Waals surface area contributed by atoms with E-state index in [0.717, 1.165) is 5.56 Å². The van der Waals surface area contributed by atoms with Crippen LogP contribution in [0.1, 0.15) is 18.5 Å². The fourth-order valence-electron chi connectivity index (χ4n) is 2.29. The van der Waals surface area contributed by atoms with Gasteiger partial charge < -0.3 is 14.6 Å². The number of benzene rings is 1. The minimum Gasteiger partial charge on any atom is -0.372 e. The summed E-state index contributed by atoms with van der Waals surface area (Å²) in [6.45, 7) is 2.89. The van der Waals surface area contributed by atoms with E-state index in [9.17, 15) is 9.18 Å². The average Bonchev–Trinajstić information content (AvgIpc) is 3.03. The first-order valence-electron chi connectivity index (χ1n) is 7.40. The van der Waals surface area contributed by atoms with Gasteiger partial charge in [0.05, 0.1) is 6.04 Å². The van der Waals surface area contributed by atoms with Crippen LogP contribution in [0.4, 0.5) is 4.39 Å². The molecule has 2 rings (SSSR count). The maximum atomic E-state index is 13.3. The number of hydrogen-bond donors (Lipinski definition) is 1. The Morgan fingerprint density at radius 1 is 1.32 bits per heavy atom. The number of aromatic nitrogens is 1. The molecule has 1 amide bonds. The fraction of sp³-hybridized carbons (Fsp3) is 0.353. The summed E-state index contributed by atoms with van der Waals surface area (Å²) >= 11 is 0. The number of hydrogen-bond acceptors (Lipinski definition) is 2. The van der Waals surface area contributed by atoms with Gasteiger partial charge in [0.2, 0.25) is 5.91 Å². The van der Waals surface area contributed by atoms with Gasteiger partial charge in [-0.15, -0.1) is 0 Å². The molecule has 5 heteroatoms. The quantitative estimate of drug-likeness (QED) is 0.814. The molecule has 0 aliphatic heterocycles. The van der Waals surface area contributed by atoms with Crippen LogP contribution in [0.3, 0.4) is 0 Å². The predicted molar refractivity (Wildman–Crippen MR) is 83.1 cm³/mol. The van der Waals surface area contributed by atoms with E-state index in [4.69, 9.17) is 4.74 Å². The molecule has 1 aromatic heterocycles. The Bertz CT molecular complexity index is 584. The Morgan fingerprint density at radius 3 is 2.77 bits per heavy atom. The van der Waals surface area contributed by atoms with E-state index >= 15 is 0 Å². The Morgan fingerprint density at radius 2 is 2.09 bits per heavy atom. The Kier molecular flexibility index (Phi) is 6.15. The molecular weight excluding hydrogens is 283 g/mol. The molecule has 0 saturated heterocycles. The van der Waals surface area contributed by atoms with Crippen molar-refractivity contribution in [2.75, 3.05) is 19.8 Å². The van der Waals surface area contributed by atoms with Crippen molar-refractivity contribution < 1.29 is 13.9 Å². The zero-order valence-electron chi connectivity index (χ0n) is 12.7. The van der Waals surface area contributed by atoms with Gasteiger partial charge in [-0.1, -0.05) is 12.1 Å². The topological polar surface area (TPSA) is 43.3 Å². The first-order chi connectivity index (χ1) is 10.7. The van der Waals surface area contributed by atoms with Crippen LogP contribution >= 0.6 is 0 Å². The van der Waals surface area contributed by atoms with Gasteiger partial charge >= 0.3 is 0 Å². The molecule has 4 nitrogen and oxygen atoms in total. The lowest BCUT2D eigenvalue weighted by molar-refractivity contribution is -0.125. The van der Waals surface area contributed by atoms with E-state index < -0.39 is 0 Å². The van der Waals surface area contributed by atoms with Crippen molar-refractivity contribution in [1.82, 2.24) is 9.88 Å². The Balaban J connectivity index is 1.99. The first-order valence-corrected chi connectivity index (χ1v) is 7.40. The third-order valence-electron chi connectivity index (χ3n) is 3.38. The number of halogens is 1. The summed E-state index contributed by atoms with van der Waals surface area (Å²) in [6.07, 6.45) is 4.53. The minimum atomic E-state index is -0.246. The molecular formula is C17H21FN2O2. The number of ether oxygens (including phenoxy) is 1. The number of rotatable bonds is 8. The highest BCUT2D eigenvalue weighted by atomic mass is 19.1. The molecule has 0 saturated carbocycles. The van der Waals surface area contributed by atoms with Crippen LogP contribution in [-0.2, 0) is 16.0 Å². The van der Waals surface area contributed by atoms with Gasteiger partial charge in [0, 0.05) is 25.5 Å². The van der Waals surface area contributed by atoms with Crippen molar-refractivity contribution in [2.45, 2.75) is 19.4 Å². The molecule has 22 heavy (non-hydrogen) atoms. The van der Waals surface area contributed by atoms with Crippen LogP contribution in [0.25, 0.3) is 0 Å². The largest absolute Gasteiger partial charge is 0.372 e. The Labute approximate surface area is 129 Å². The van der Waals surface area contributed by atoms with Crippen LogP contribution < -0.4 is 5.32 Å². The second-order valence-corrected chi connectivity index (χ2v) is 5.06. The van der Waals surface area contributed by atoms with Gasteiger partial charge in [-0.25, -0.2) is 4.39 Å². The number of carbonyl (C=O) groups is 1. The van der Waals surface area contributed by atoms with Gasteiger partial charge in [0.1, 0.15) is 12.4 Å². The van der Waals surface area contributed by atoms with Crippen LogP contribution in [0.5, 0.6) is 0 Å². The normalized spacial score (nSPS) is 12.1. The molecule has 118 valence electrons. The molecule has 0 unspecified atom stereocenters. The van der Waals surface area contributed by atoms with Gasteiger partial charge in [0.15, 0.2) is 0 Å². The SMILES string of the molecule is CCOCC(=O)NC[C@H](Cc1cccc(F)c1)n1cccc1. The first kappa shape index (κ1) is 16.2. The molecule has 0 aliphatic carbocycles. The summed E-state index contributed by atoms with van der Waals surface area (Å²) in [5.41, 5.74) is 0.901. The van der Waals surface area contributed by atoms with Crippen LogP contribution in [0, 0.1) is 5.82 Å². The van der Waals surface area contributed by atoms with Crippen LogP contribution in [-0.4, -0.2) is 30.2 Å². The number of carbonyl (C=O) groups excluding carboxylic acids is 1. The van der Waals surface area contributed by atoms with Gasteiger partial charge in [-0.05, 0) is 43.2 Å². The summed E-state index contributed by atoms with van der Waals surface area (Å²) in [4.78, 5) is 11.7. The predicted octanol–water partition coefficient (Wildman–Crippen LogP) is 2.56.